The Balaban J connectivity index is 2.01. The number of benzene rings is 2. The normalized spacial score (nSPS) is 11.9. The Labute approximate surface area is 152 Å². The third-order valence-electron chi connectivity index (χ3n) is 3.96. The number of rotatable bonds is 11. The molecule has 5 heteroatoms. The van der Waals surface area contributed by atoms with Crippen molar-refractivity contribution in [1.82, 2.24) is 0 Å². The van der Waals surface area contributed by atoms with Crippen LogP contribution >= 0.6 is 0 Å². The highest BCUT2D eigenvalue weighted by Crippen LogP contribution is 2.33. The van der Waals surface area contributed by atoms with Gasteiger partial charge in [0.2, 0.25) is 0 Å². The molecule has 0 aliphatic carbocycles. The molecule has 1 atom stereocenters. The first-order valence-corrected chi connectivity index (χ1v) is 9.87. The van der Waals surface area contributed by atoms with E-state index in [0.29, 0.717) is 11.5 Å². The molecule has 136 valence electrons. The second-order valence-electron chi connectivity index (χ2n) is 6.01. The van der Waals surface area contributed by atoms with Crippen LogP contribution in [0.1, 0.15) is 51.0 Å². The zero-order valence-corrected chi connectivity index (χ0v) is 15.5. The van der Waals surface area contributed by atoms with Crippen molar-refractivity contribution in [2.45, 2.75) is 51.9 Å². The predicted octanol–water partition coefficient (Wildman–Crippen LogP) is 5.90. The SMILES string of the molecule is CCCCCCCCc1ccc(OS(=O)O)c(Oc2ccccc2)c1. The molecule has 0 fully saturated rings. The van der Waals surface area contributed by atoms with Crippen molar-refractivity contribution in [2.24, 2.45) is 0 Å². The van der Waals surface area contributed by atoms with Gasteiger partial charge in [0.15, 0.2) is 11.5 Å². The van der Waals surface area contributed by atoms with E-state index in [1.54, 1.807) is 6.07 Å². The first-order valence-electron chi connectivity index (χ1n) is 8.84. The Hall–Kier alpha value is -1.85. The Bertz CT molecular complexity index is 658. The van der Waals surface area contributed by atoms with E-state index in [1.807, 2.05) is 42.5 Å². The number of aryl methyl sites for hydroxylation is 1. The van der Waals surface area contributed by atoms with Crippen LogP contribution in [0.4, 0.5) is 0 Å². The van der Waals surface area contributed by atoms with Gasteiger partial charge in [-0.2, -0.15) is 4.21 Å². The molecule has 0 spiro atoms. The molecule has 25 heavy (non-hydrogen) atoms. The number of ether oxygens (including phenoxy) is 1. The van der Waals surface area contributed by atoms with E-state index in [4.69, 9.17) is 13.5 Å². The van der Waals surface area contributed by atoms with Crippen molar-refractivity contribution >= 4 is 11.4 Å². The second-order valence-corrected chi connectivity index (χ2v) is 6.62. The van der Waals surface area contributed by atoms with Gasteiger partial charge in [-0.25, -0.2) is 0 Å². The molecule has 0 aliphatic rings. The minimum absolute atomic E-state index is 0.261. The molecule has 1 unspecified atom stereocenters. The van der Waals surface area contributed by atoms with Crippen LogP contribution < -0.4 is 8.92 Å². The lowest BCUT2D eigenvalue weighted by molar-refractivity contribution is 0.423. The van der Waals surface area contributed by atoms with Gasteiger partial charge in [-0.15, -0.1) is 0 Å². The fraction of sp³-hybridized carbons (Fsp3) is 0.400. The molecule has 0 bridgehead atoms. The first kappa shape index (κ1) is 19.5. The van der Waals surface area contributed by atoms with Crippen LogP contribution in [0.5, 0.6) is 17.2 Å². The topological polar surface area (TPSA) is 55.8 Å². The molecular weight excluding hydrogens is 336 g/mol. The summed E-state index contributed by atoms with van der Waals surface area (Å²) in [5.41, 5.74) is 1.14. The molecule has 0 aromatic heterocycles. The fourth-order valence-electron chi connectivity index (χ4n) is 2.66. The Morgan fingerprint density at radius 1 is 0.920 bits per heavy atom. The van der Waals surface area contributed by atoms with Gasteiger partial charge in [0.05, 0.1) is 0 Å². The van der Waals surface area contributed by atoms with Crippen LogP contribution in [0.15, 0.2) is 48.5 Å². The van der Waals surface area contributed by atoms with Crippen LogP contribution in [-0.2, 0) is 17.8 Å². The fourth-order valence-corrected chi connectivity index (χ4v) is 2.95. The van der Waals surface area contributed by atoms with Gasteiger partial charge in [0, 0.05) is 0 Å². The van der Waals surface area contributed by atoms with Crippen LogP contribution in [0.25, 0.3) is 0 Å². The van der Waals surface area contributed by atoms with Crippen LogP contribution in [0.3, 0.4) is 0 Å². The highest BCUT2D eigenvalue weighted by molar-refractivity contribution is 7.74. The van der Waals surface area contributed by atoms with Crippen molar-refractivity contribution in [2.75, 3.05) is 0 Å². The molecule has 2 aromatic rings. The molecule has 0 radical (unpaired) electrons. The molecule has 0 saturated heterocycles. The Morgan fingerprint density at radius 3 is 2.36 bits per heavy atom. The van der Waals surface area contributed by atoms with Gasteiger partial charge in [-0.1, -0.05) is 63.3 Å². The summed E-state index contributed by atoms with van der Waals surface area (Å²) in [6.07, 6.45) is 8.43. The van der Waals surface area contributed by atoms with Crippen molar-refractivity contribution in [3.05, 3.63) is 54.1 Å². The van der Waals surface area contributed by atoms with E-state index in [2.05, 4.69) is 6.92 Å². The van der Waals surface area contributed by atoms with Crippen molar-refractivity contribution in [1.29, 1.82) is 0 Å². The highest BCUT2D eigenvalue weighted by Gasteiger charge is 2.11. The Morgan fingerprint density at radius 2 is 1.64 bits per heavy atom. The minimum Gasteiger partial charge on any atom is -0.453 e. The summed E-state index contributed by atoms with van der Waals surface area (Å²) in [4.78, 5) is 0. The summed E-state index contributed by atoms with van der Waals surface area (Å²) in [6.45, 7) is 2.22. The highest BCUT2D eigenvalue weighted by atomic mass is 32.2. The van der Waals surface area contributed by atoms with Gasteiger partial charge in [-0.05, 0) is 42.7 Å². The van der Waals surface area contributed by atoms with Gasteiger partial charge in [0.1, 0.15) is 5.75 Å². The maximum Gasteiger partial charge on any atom is 0.357 e. The largest absolute Gasteiger partial charge is 0.453 e. The lowest BCUT2D eigenvalue weighted by atomic mass is 10.0. The van der Waals surface area contributed by atoms with Crippen molar-refractivity contribution < 1.29 is 17.7 Å². The van der Waals surface area contributed by atoms with E-state index < -0.39 is 11.4 Å². The van der Waals surface area contributed by atoms with Gasteiger partial charge >= 0.3 is 11.4 Å². The zero-order chi connectivity index (χ0) is 17.9. The third-order valence-corrected chi connectivity index (χ3v) is 4.28. The van der Waals surface area contributed by atoms with Crippen molar-refractivity contribution in [3.8, 4) is 17.2 Å². The summed E-state index contributed by atoms with van der Waals surface area (Å²) in [7, 11) is 0. The molecule has 0 heterocycles. The van der Waals surface area contributed by atoms with E-state index in [9.17, 15) is 4.21 Å². The molecule has 2 rings (SSSR count). The van der Waals surface area contributed by atoms with E-state index in [-0.39, 0.29) is 5.75 Å². The number of hydrogen-bond acceptors (Lipinski definition) is 3. The molecule has 2 aromatic carbocycles. The zero-order valence-electron chi connectivity index (χ0n) is 14.6. The summed E-state index contributed by atoms with van der Waals surface area (Å²) < 4.78 is 30.8. The Kier molecular flexibility index (Phi) is 8.49. The van der Waals surface area contributed by atoms with Gasteiger partial charge < -0.3 is 8.92 Å². The monoisotopic (exact) mass is 362 g/mol. The quantitative estimate of drug-likeness (QED) is 0.399. The summed E-state index contributed by atoms with van der Waals surface area (Å²) in [6, 6.07) is 14.8. The lowest BCUT2D eigenvalue weighted by Crippen LogP contribution is -2.00. The van der Waals surface area contributed by atoms with Crippen LogP contribution in [0, 0.1) is 0 Å². The molecule has 0 amide bonds. The summed E-state index contributed by atoms with van der Waals surface area (Å²) in [5, 5.41) is 0. The molecule has 0 aliphatic heterocycles. The number of unbranched alkanes of at least 4 members (excludes halogenated alkanes) is 5. The molecule has 1 N–H and O–H groups in total. The lowest BCUT2D eigenvalue weighted by Gasteiger charge is -2.12. The third kappa shape index (κ3) is 7.28. The van der Waals surface area contributed by atoms with Crippen molar-refractivity contribution in [3.63, 3.8) is 0 Å². The second kappa shape index (κ2) is 10.9. The van der Waals surface area contributed by atoms with E-state index in [0.717, 1.165) is 18.4 Å². The summed E-state index contributed by atoms with van der Waals surface area (Å²) in [5.74, 6) is 1.38. The first-order chi connectivity index (χ1) is 12.2. The van der Waals surface area contributed by atoms with E-state index >= 15 is 0 Å². The number of para-hydroxylation sites is 1. The number of hydrogen-bond donors (Lipinski definition) is 1. The predicted molar refractivity (Wildman–Crippen MR) is 101 cm³/mol. The smallest absolute Gasteiger partial charge is 0.357 e. The summed E-state index contributed by atoms with van der Waals surface area (Å²) >= 11 is -2.38. The standard InChI is InChI=1S/C20H26O4S/c1-2-3-4-5-6-8-11-17-14-15-19(24-25(21)22)20(16-17)23-18-12-9-7-10-13-18/h7,9-10,12-16H,2-6,8,11H2,1H3,(H,21,22). The van der Waals surface area contributed by atoms with Crippen LogP contribution in [0.2, 0.25) is 0 Å². The average Bonchev–Trinajstić information content (AvgIpc) is 2.60. The molecule has 0 saturated carbocycles. The minimum atomic E-state index is -2.38. The molecular formula is C20H26O4S. The molecule has 4 nitrogen and oxygen atoms in total. The van der Waals surface area contributed by atoms with E-state index in [1.165, 1.54) is 32.1 Å². The van der Waals surface area contributed by atoms with Crippen LogP contribution in [-0.4, -0.2) is 8.76 Å². The van der Waals surface area contributed by atoms with Gasteiger partial charge in [-0.3, -0.25) is 4.55 Å². The van der Waals surface area contributed by atoms with Gasteiger partial charge in [0.25, 0.3) is 0 Å². The average molecular weight is 362 g/mol. The maximum atomic E-state index is 11.0. The maximum absolute atomic E-state index is 11.0.